The second-order valence-electron chi connectivity index (χ2n) is 8.06. The molecule has 5 rings (SSSR count). The summed E-state index contributed by atoms with van der Waals surface area (Å²) in [5, 5.41) is 9.75. The molecule has 0 aliphatic carbocycles. The van der Waals surface area contributed by atoms with Crippen molar-refractivity contribution in [2.45, 2.75) is 20.0 Å². The number of hydrogen-bond donors (Lipinski definition) is 0. The highest BCUT2D eigenvalue weighted by atomic mass is 79.9. The average Bonchev–Trinajstić information content (AvgIpc) is 3.41. The van der Waals surface area contributed by atoms with E-state index in [2.05, 4.69) is 42.2 Å². The normalized spacial score (nSPS) is 11.6. The minimum Gasteiger partial charge on any atom is -0.497 e. The number of ether oxygens (including phenoxy) is 1. The van der Waals surface area contributed by atoms with Crippen LogP contribution in [0.2, 0.25) is 0 Å². The Hall–Kier alpha value is -2.73. The van der Waals surface area contributed by atoms with E-state index in [1.807, 2.05) is 49.4 Å². The molecule has 188 valence electrons. The van der Waals surface area contributed by atoms with Crippen molar-refractivity contribution in [1.29, 1.82) is 0 Å². The van der Waals surface area contributed by atoms with Gasteiger partial charge in [0.1, 0.15) is 11.4 Å². The standard InChI is InChI=1S/C17H17BrN2O4S.C8H6BrNO/c1-23-14-6-3-12(4-7-14)10-20(25(2,21)22)11-16-15-8-5-13(18)9-17(15)24-19-16;1-5-7-3-2-6(9)4-8(7)11-10-5/h3-9H,10-11H2,1-2H3;2-4H,1H3. The van der Waals surface area contributed by atoms with Gasteiger partial charge in [0.05, 0.1) is 25.6 Å². The van der Waals surface area contributed by atoms with Crippen LogP contribution in [-0.4, -0.2) is 36.4 Å². The zero-order chi connectivity index (χ0) is 25.9. The predicted molar refractivity (Wildman–Crippen MR) is 145 cm³/mol. The zero-order valence-electron chi connectivity index (χ0n) is 19.7. The number of aryl methyl sites for hydroxylation is 1. The van der Waals surface area contributed by atoms with Gasteiger partial charge in [-0.15, -0.1) is 0 Å². The van der Waals surface area contributed by atoms with Crippen LogP contribution in [-0.2, 0) is 23.1 Å². The lowest BCUT2D eigenvalue weighted by atomic mass is 10.2. The number of fused-ring (bicyclic) bond motifs is 2. The number of halogens is 2. The summed E-state index contributed by atoms with van der Waals surface area (Å²) in [5.74, 6) is 0.725. The molecule has 11 heteroatoms. The lowest BCUT2D eigenvalue weighted by Crippen LogP contribution is -2.29. The Bertz CT molecular complexity index is 1600. The quantitative estimate of drug-likeness (QED) is 0.211. The smallest absolute Gasteiger partial charge is 0.211 e. The number of hydrogen-bond acceptors (Lipinski definition) is 7. The summed E-state index contributed by atoms with van der Waals surface area (Å²) >= 11 is 6.73. The fraction of sp³-hybridized carbons (Fsp3) is 0.200. The molecule has 0 spiro atoms. The van der Waals surface area contributed by atoms with Crippen molar-refractivity contribution in [1.82, 2.24) is 14.6 Å². The molecule has 0 saturated heterocycles. The number of rotatable bonds is 6. The van der Waals surface area contributed by atoms with Crippen molar-refractivity contribution >= 4 is 63.8 Å². The van der Waals surface area contributed by atoms with Crippen molar-refractivity contribution in [3.63, 3.8) is 0 Å². The van der Waals surface area contributed by atoms with Crippen LogP contribution in [0, 0.1) is 6.92 Å². The molecule has 0 aliphatic heterocycles. The van der Waals surface area contributed by atoms with Crippen LogP contribution in [0.4, 0.5) is 0 Å². The topological polar surface area (TPSA) is 98.7 Å². The van der Waals surface area contributed by atoms with Gasteiger partial charge in [0.2, 0.25) is 10.0 Å². The fourth-order valence-corrected chi connectivity index (χ4v) is 4.93. The minimum atomic E-state index is -3.42. The van der Waals surface area contributed by atoms with Crippen molar-refractivity contribution in [2.24, 2.45) is 0 Å². The summed E-state index contributed by atoms with van der Waals surface area (Å²) in [6.45, 7) is 2.31. The van der Waals surface area contributed by atoms with Gasteiger partial charge < -0.3 is 13.8 Å². The van der Waals surface area contributed by atoms with Crippen LogP contribution in [0.1, 0.15) is 17.0 Å². The highest BCUT2D eigenvalue weighted by Crippen LogP contribution is 2.25. The van der Waals surface area contributed by atoms with E-state index in [4.69, 9.17) is 13.8 Å². The molecule has 0 aliphatic rings. The Morgan fingerprint density at radius 2 is 1.44 bits per heavy atom. The molecule has 0 saturated carbocycles. The molecular formula is C25H23Br2N3O5S. The van der Waals surface area contributed by atoms with E-state index in [1.165, 1.54) is 10.6 Å². The molecule has 8 nitrogen and oxygen atoms in total. The molecule has 0 atom stereocenters. The number of methoxy groups -OCH3 is 1. The van der Waals surface area contributed by atoms with Gasteiger partial charge in [-0.25, -0.2) is 8.42 Å². The average molecular weight is 637 g/mol. The zero-order valence-corrected chi connectivity index (χ0v) is 23.7. The fourth-order valence-electron chi connectivity index (χ4n) is 3.51. The van der Waals surface area contributed by atoms with Crippen molar-refractivity contribution in [3.05, 3.63) is 86.6 Å². The summed E-state index contributed by atoms with van der Waals surface area (Å²) in [5.41, 5.74) is 3.83. The summed E-state index contributed by atoms with van der Waals surface area (Å²) in [6, 6.07) is 18.7. The Kier molecular flexibility index (Phi) is 8.13. The maximum atomic E-state index is 12.2. The van der Waals surface area contributed by atoms with E-state index in [9.17, 15) is 8.42 Å². The van der Waals surface area contributed by atoms with E-state index in [0.29, 0.717) is 11.3 Å². The molecule has 2 heterocycles. The van der Waals surface area contributed by atoms with Gasteiger partial charge in [-0.3, -0.25) is 0 Å². The number of benzene rings is 3. The van der Waals surface area contributed by atoms with Gasteiger partial charge in [-0.1, -0.05) is 54.3 Å². The molecule has 0 amide bonds. The SMILES string of the molecule is COc1ccc(CN(Cc2noc3cc(Br)ccc23)S(C)(=O)=O)cc1.Cc1noc2cc(Br)ccc12. The molecule has 0 unspecified atom stereocenters. The maximum Gasteiger partial charge on any atom is 0.211 e. The maximum absolute atomic E-state index is 12.2. The molecular weight excluding hydrogens is 614 g/mol. The van der Waals surface area contributed by atoms with Crippen LogP contribution >= 0.6 is 31.9 Å². The second kappa shape index (κ2) is 11.1. The third-order valence-corrected chi connectivity index (χ3v) is 7.62. The van der Waals surface area contributed by atoms with Gasteiger partial charge in [-0.2, -0.15) is 4.31 Å². The highest BCUT2D eigenvalue weighted by molar-refractivity contribution is 9.10. The summed E-state index contributed by atoms with van der Waals surface area (Å²) in [6.07, 6.45) is 1.19. The van der Waals surface area contributed by atoms with Crippen molar-refractivity contribution in [3.8, 4) is 5.75 Å². The first kappa shape index (κ1) is 26.3. The van der Waals surface area contributed by atoms with Crippen LogP contribution < -0.4 is 4.74 Å². The first-order valence-electron chi connectivity index (χ1n) is 10.8. The van der Waals surface area contributed by atoms with Gasteiger partial charge in [0.15, 0.2) is 11.2 Å². The second-order valence-corrected chi connectivity index (χ2v) is 11.9. The first-order valence-corrected chi connectivity index (χ1v) is 14.2. The number of nitrogens with zero attached hydrogens (tertiary/aromatic N) is 3. The third-order valence-electron chi connectivity index (χ3n) is 5.44. The van der Waals surface area contributed by atoms with Gasteiger partial charge in [0, 0.05) is 26.3 Å². The predicted octanol–water partition coefficient (Wildman–Crippen LogP) is 6.46. The van der Waals surface area contributed by atoms with E-state index >= 15 is 0 Å². The largest absolute Gasteiger partial charge is 0.497 e. The van der Waals surface area contributed by atoms with Crippen molar-refractivity contribution < 1.29 is 22.2 Å². The van der Waals surface area contributed by atoms with E-state index < -0.39 is 10.0 Å². The molecule has 3 aromatic carbocycles. The Balaban J connectivity index is 0.000000229. The molecule has 0 radical (unpaired) electrons. The minimum absolute atomic E-state index is 0.138. The molecule has 2 aromatic heterocycles. The van der Waals surface area contributed by atoms with Crippen LogP contribution in [0.15, 0.2) is 78.7 Å². The number of aromatic nitrogens is 2. The van der Waals surface area contributed by atoms with E-state index in [1.54, 1.807) is 25.3 Å². The molecule has 36 heavy (non-hydrogen) atoms. The van der Waals surface area contributed by atoms with Crippen LogP contribution in [0.3, 0.4) is 0 Å². The monoisotopic (exact) mass is 635 g/mol. The van der Waals surface area contributed by atoms with Crippen LogP contribution in [0.5, 0.6) is 5.75 Å². The van der Waals surface area contributed by atoms with Gasteiger partial charge in [0.25, 0.3) is 0 Å². The summed E-state index contributed by atoms with van der Waals surface area (Å²) < 4.78 is 43.2. The van der Waals surface area contributed by atoms with Crippen molar-refractivity contribution in [2.75, 3.05) is 13.4 Å². The lowest BCUT2D eigenvalue weighted by molar-refractivity contribution is 0.379. The molecule has 0 bridgehead atoms. The van der Waals surface area contributed by atoms with Gasteiger partial charge in [-0.05, 0) is 61.0 Å². The van der Waals surface area contributed by atoms with E-state index in [0.717, 1.165) is 42.3 Å². The van der Waals surface area contributed by atoms with E-state index in [-0.39, 0.29) is 13.1 Å². The summed E-state index contributed by atoms with van der Waals surface area (Å²) in [7, 11) is -1.83. The molecule has 0 N–H and O–H groups in total. The third kappa shape index (κ3) is 6.33. The summed E-state index contributed by atoms with van der Waals surface area (Å²) in [4.78, 5) is 0. The molecule has 5 aromatic rings. The number of sulfonamides is 1. The molecule has 0 fully saturated rings. The van der Waals surface area contributed by atoms with Crippen LogP contribution in [0.25, 0.3) is 21.9 Å². The van der Waals surface area contributed by atoms with Gasteiger partial charge >= 0.3 is 0 Å². The Morgan fingerprint density at radius 1 is 0.861 bits per heavy atom. The Labute approximate surface area is 225 Å². The first-order chi connectivity index (χ1) is 17.1. The lowest BCUT2D eigenvalue weighted by Gasteiger charge is -2.19. The highest BCUT2D eigenvalue weighted by Gasteiger charge is 2.21. The Morgan fingerprint density at radius 3 is 2.06 bits per heavy atom.